The molecule has 1 radical (unpaired) electrons. The molecule has 0 nitrogen and oxygen atoms in total. The van der Waals surface area contributed by atoms with E-state index in [1.54, 1.807) is 0 Å². The molecule has 0 amide bonds. The first-order chi connectivity index (χ1) is 4.20. The summed E-state index contributed by atoms with van der Waals surface area (Å²) in [5, 5.41) is 0. The smallest absolute Gasteiger partial charge is 0.00627 e. The van der Waals surface area contributed by atoms with Gasteiger partial charge in [0.1, 0.15) is 0 Å². The van der Waals surface area contributed by atoms with Crippen LogP contribution in [0.4, 0.5) is 0 Å². The second kappa shape index (κ2) is 5.16. The highest BCUT2D eigenvalue weighted by Crippen LogP contribution is 2.14. The maximum Gasteiger partial charge on any atom is 0.00627 e. The van der Waals surface area contributed by atoms with Crippen molar-refractivity contribution in [2.45, 2.75) is 33.6 Å². The van der Waals surface area contributed by atoms with Gasteiger partial charge in [-0.05, 0) is 18.3 Å². The first kappa shape index (κ1) is 9.35. The summed E-state index contributed by atoms with van der Waals surface area (Å²) in [5.41, 5.74) is 0. The topological polar surface area (TPSA) is 0 Å². The largest absolute Gasteiger partial charge is 0.0939 e. The fraction of sp³-hybridized carbons (Fsp3) is 1.00. The van der Waals surface area contributed by atoms with Crippen LogP contribution < -0.4 is 0 Å². The molecule has 0 aromatic heterocycles. The summed E-state index contributed by atoms with van der Waals surface area (Å²) in [4.78, 5) is 0. The molecule has 0 heterocycles. The van der Waals surface area contributed by atoms with E-state index in [1.165, 1.54) is 12.8 Å². The second-order valence-corrected chi connectivity index (χ2v) is 3.35. The van der Waals surface area contributed by atoms with Crippen LogP contribution >= 0.6 is 12.6 Å². The van der Waals surface area contributed by atoms with E-state index in [0.717, 1.165) is 17.6 Å². The minimum Gasteiger partial charge on any atom is -0.0939 e. The molecular weight excluding hydrogens is 128 g/mol. The van der Waals surface area contributed by atoms with Crippen LogP contribution in [0.25, 0.3) is 0 Å². The molecule has 0 saturated heterocycles. The average Bonchev–Trinajstić information content (AvgIpc) is 1.87. The highest BCUT2D eigenvalue weighted by molar-refractivity contribution is 7.80. The lowest BCUT2D eigenvalue weighted by atomic mass is 9.97. The van der Waals surface area contributed by atoms with Crippen molar-refractivity contribution < 1.29 is 0 Å². The zero-order valence-electron chi connectivity index (χ0n) is 6.68. The minimum atomic E-state index is 0.745. The van der Waals surface area contributed by atoms with Gasteiger partial charge in [-0.25, -0.2) is 0 Å². The molecule has 0 saturated carbocycles. The first-order valence-corrected chi connectivity index (χ1v) is 4.36. The number of rotatable bonds is 4. The van der Waals surface area contributed by atoms with E-state index in [2.05, 4.69) is 20.8 Å². The molecule has 2 unspecified atom stereocenters. The molecule has 2 atom stereocenters. The second-order valence-electron chi connectivity index (χ2n) is 3.02. The Kier molecular flexibility index (Phi) is 5.36. The maximum atomic E-state index is 4.94. The molecule has 0 fully saturated rings. The zero-order chi connectivity index (χ0) is 7.28. The third-order valence-electron chi connectivity index (χ3n) is 1.79. The van der Waals surface area contributed by atoms with Crippen molar-refractivity contribution >= 4 is 12.6 Å². The zero-order valence-corrected chi connectivity index (χ0v) is 7.50. The Morgan fingerprint density at radius 1 is 1.22 bits per heavy atom. The molecule has 0 aromatic carbocycles. The first-order valence-electron chi connectivity index (χ1n) is 3.78. The lowest BCUT2D eigenvalue weighted by Gasteiger charge is -2.12. The van der Waals surface area contributed by atoms with Crippen LogP contribution in [0.3, 0.4) is 0 Å². The van der Waals surface area contributed by atoms with Crippen LogP contribution in [-0.4, -0.2) is 5.75 Å². The van der Waals surface area contributed by atoms with Crippen LogP contribution in [0.5, 0.6) is 0 Å². The van der Waals surface area contributed by atoms with Gasteiger partial charge in [-0.3, -0.25) is 0 Å². The third-order valence-corrected chi connectivity index (χ3v) is 2.36. The van der Waals surface area contributed by atoms with Gasteiger partial charge in [-0.15, -0.1) is 0 Å². The molecular formula is C8H17S. The Bertz CT molecular complexity index is 53.6. The van der Waals surface area contributed by atoms with Crippen LogP contribution in [0.2, 0.25) is 0 Å². The molecule has 0 aliphatic rings. The van der Waals surface area contributed by atoms with E-state index in [9.17, 15) is 0 Å². The van der Waals surface area contributed by atoms with Crippen LogP contribution in [0.15, 0.2) is 0 Å². The standard InChI is InChI=1S/C8H17S/c1-4-7(2)5-8(3)6-9/h7-8H,4-6H2,1-3H3. The molecule has 0 aliphatic carbocycles. The van der Waals surface area contributed by atoms with Crippen LogP contribution in [-0.2, 0) is 0 Å². The predicted molar refractivity (Wildman–Crippen MR) is 45.7 cm³/mol. The van der Waals surface area contributed by atoms with E-state index in [-0.39, 0.29) is 0 Å². The van der Waals surface area contributed by atoms with Gasteiger partial charge in [0, 0.05) is 5.75 Å². The SMILES string of the molecule is CCC(C)CC(C)C[S]. The van der Waals surface area contributed by atoms with Gasteiger partial charge in [0.25, 0.3) is 0 Å². The monoisotopic (exact) mass is 145 g/mol. The molecule has 0 spiro atoms. The summed E-state index contributed by atoms with van der Waals surface area (Å²) in [6, 6.07) is 0. The van der Waals surface area contributed by atoms with E-state index in [1.807, 2.05) is 0 Å². The Balaban J connectivity index is 3.22. The Hall–Kier alpha value is 0.350. The van der Waals surface area contributed by atoms with E-state index >= 15 is 0 Å². The highest BCUT2D eigenvalue weighted by Gasteiger charge is 2.04. The normalized spacial score (nSPS) is 17.3. The van der Waals surface area contributed by atoms with Crippen molar-refractivity contribution in [3.05, 3.63) is 0 Å². The number of hydrogen-bond acceptors (Lipinski definition) is 0. The predicted octanol–water partition coefficient (Wildman–Crippen LogP) is 3.26. The van der Waals surface area contributed by atoms with Gasteiger partial charge in [0.2, 0.25) is 0 Å². The molecule has 1 heteroatoms. The van der Waals surface area contributed by atoms with Gasteiger partial charge in [0.05, 0.1) is 0 Å². The highest BCUT2D eigenvalue weighted by atomic mass is 32.1. The fourth-order valence-corrected chi connectivity index (χ4v) is 1.06. The third kappa shape index (κ3) is 4.83. The molecule has 0 bridgehead atoms. The lowest BCUT2D eigenvalue weighted by Crippen LogP contribution is -2.02. The molecule has 55 valence electrons. The number of hydrogen-bond donors (Lipinski definition) is 0. The minimum absolute atomic E-state index is 0.745. The lowest BCUT2D eigenvalue weighted by molar-refractivity contribution is 0.434. The van der Waals surface area contributed by atoms with E-state index in [0.29, 0.717) is 0 Å². The summed E-state index contributed by atoms with van der Waals surface area (Å²) < 4.78 is 0. The van der Waals surface area contributed by atoms with Gasteiger partial charge in [0.15, 0.2) is 0 Å². The summed E-state index contributed by atoms with van der Waals surface area (Å²) in [7, 11) is 0. The van der Waals surface area contributed by atoms with Gasteiger partial charge < -0.3 is 0 Å². The fourth-order valence-electron chi connectivity index (χ4n) is 0.922. The summed E-state index contributed by atoms with van der Waals surface area (Å²) in [6.45, 7) is 6.77. The summed E-state index contributed by atoms with van der Waals surface area (Å²) >= 11 is 4.94. The van der Waals surface area contributed by atoms with Crippen molar-refractivity contribution in [2.24, 2.45) is 11.8 Å². The van der Waals surface area contributed by atoms with E-state index < -0.39 is 0 Å². The molecule has 9 heavy (non-hydrogen) atoms. The van der Waals surface area contributed by atoms with Gasteiger partial charge in [-0.2, -0.15) is 0 Å². The average molecular weight is 145 g/mol. The quantitative estimate of drug-likeness (QED) is 0.569. The molecule has 0 aromatic rings. The Labute approximate surface area is 64.4 Å². The Morgan fingerprint density at radius 2 is 1.78 bits per heavy atom. The van der Waals surface area contributed by atoms with Crippen molar-refractivity contribution in [1.29, 1.82) is 0 Å². The van der Waals surface area contributed by atoms with Crippen LogP contribution in [0.1, 0.15) is 33.6 Å². The van der Waals surface area contributed by atoms with Crippen molar-refractivity contribution in [1.82, 2.24) is 0 Å². The van der Waals surface area contributed by atoms with Crippen molar-refractivity contribution in [3.63, 3.8) is 0 Å². The summed E-state index contributed by atoms with van der Waals surface area (Å²) in [6.07, 6.45) is 2.60. The van der Waals surface area contributed by atoms with Gasteiger partial charge >= 0.3 is 0 Å². The molecule has 0 rings (SSSR count). The maximum absolute atomic E-state index is 4.94. The van der Waals surface area contributed by atoms with Crippen molar-refractivity contribution in [2.75, 3.05) is 5.75 Å². The molecule has 0 aliphatic heterocycles. The molecule has 0 N–H and O–H groups in total. The van der Waals surface area contributed by atoms with E-state index in [4.69, 9.17) is 12.6 Å². The Morgan fingerprint density at radius 3 is 2.11 bits per heavy atom. The van der Waals surface area contributed by atoms with Crippen molar-refractivity contribution in [3.8, 4) is 0 Å². The van der Waals surface area contributed by atoms with Gasteiger partial charge in [-0.1, -0.05) is 39.8 Å². The summed E-state index contributed by atoms with van der Waals surface area (Å²) in [5.74, 6) is 2.53. The van der Waals surface area contributed by atoms with Crippen LogP contribution in [0, 0.1) is 11.8 Å².